The van der Waals surface area contributed by atoms with Crippen LogP contribution in [-0.4, -0.2) is 57.7 Å². The summed E-state index contributed by atoms with van der Waals surface area (Å²) in [5, 5.41) is 17.1. The smallest absolute Gasteiger partial charge is 0.416 e. The van der Waals surface area contributed by atoms with Crippen molar-refractivity contribution in [1.82, 2.24) is 20.0 Å². The van der Waals surface area contributed by atoms with E-state index in [1.807, 2.05) is 0 Å². The molecule has 0 bridgehead atoms. The number of carboxylic acid groups (broad SMARTS) is 1. The number of alkyl halides is 3. The van der Waals surface area contributed by atoms with Gasteiger partial charge in [-0.2, -0.15) is 18.3 Å². The first-order valence-electron chi connectivity index (χ1n) is 12.9. The lowest BCUT2D eigenvalue weighted by molar-refractivity contribution is -0.139. The first-order chi connectivity index (χ1) is 18.8. The number of aliphatic carboxylic acids is 1. The Morgan fingerprint density at radius 2 is 1.75 bits per heavy atom. The Morgan fingerprint density at radius 3 is 2.33 bits per heavy atom. The Hall–Kier alpha value is -3.60. The lowest BCUT2D eigenvalue weighted by atomic mass is 9.77. The molecule has 3 aromatic rings. The molecule has 1 aliphatic carbocycles. The maximum absolute atomic E-state index is 13.5. The van der Waals surface area contributed by atoms with E-state index in [1.165, 1.54) is 27.9 Å². The molecule has 214 valence electrons. The summed E-state index contributed by atoms with van der Waals surface area (Å²) >= 11 is 6.46. The number of hydrogen-bond donors (Lipinski definition) is 2. The lowest BCUT2D eigenvalue weighted by Gasteiger charge is -2.34. The Balaban J connectivity index is 1.56. The summed E-state index contributed by atoms with van der Waals surface area (Å²) < 4.78 is 40.3. The molecule has 2 aromatic carbocycles. The fourth-order valence-electron chi connectivity index (χ4n) is 5.30. The van der Waals surface area contributed by atoms with Crippen molar-refractivity contribution in [1.29, 1.82) is 0 Å². The summed E-state index contributed by atoms with van der Waals surface area (Å²) in [6.45, 7) is 0.133. The molecule has 12 heteroatoms. The van der Waals surface area contributed by atoms with E-state index < -0.39 is 29.7 Å². The van der Waals surface area contributed by atoms with Crippen LogP contribution in [0.3, 0.4) is 0 Å². The van der Waals surface area contributed by atoms with Gasteiger partial charge in [0.05, 0.1) is 34.4 Å². The largest absolute Gasteiger partial charge is 0.481 e. The van der Waals surface area contributed by atoms with Gasteiger partial charge in [0.2, 0.25) is 5.91 Å². The zero-order chi connectivity index (χ0) is 29.2. The third kappa shape index (κ3) is 6.57. The first-order valence-corrected chi connectivity index (χ1v) is 13.3. The highest BCUT2D eigenvalue weighted by Crippen LogP contribution is 2.34. The molecule has 1 fully saturated rings. The molecule has 0 unspecified atom stereocenters. The number of nitrogens with one attached hydrogen (secondary N) is 1. The van der Waals surface area contributed by atoms with Gasteiger partial charge in [-0.25, -0.2) is 0 Å². The molecule has 1 aliphatic rings. The van der Waals surface area contributed by atoms with Crippen molar-refractivity contribution in [3.05, 3.63) is 64.3 Å². The van der Waals surface area contributed by atoms with Gasteiger partial charge in [-0.1, -0.05) is 23.7 Å². The predicted molar refractivity (Wildman–Crippen MR) is 143 cm³/mol. The van der Waals surface area contributed by atoms with E-state index in [0.29, 0.717) is 47.2 Å². The van der Waals surface area contributed by atoms with Crippen LogP contribution in [0.1, 0.15) is 53.6 Å². The van der Waals surface area contributed by atoms with Gasteiger partial charge in [-0.3, -0.25) is 19.1 Å². The maximum Gasteiger partial charge on any atom is 0.416 e. The van der Waals surface area contributed by atoms with Crippen LogP contribution in [0.25, 0.3) is 10.9 Å². The van der Waals surface area contributed by atoms with Crippen LogP contribution < -0.4 is 5.32 Å². The number of carboxylic acids is 1. The Bertz CT molecular complexity index is 1400. The molecular formula is C28H30ClF3N4O4. The lowest BCUT2D eigenvalue weighted by Crippen LogP contribution is -2.51. The SMILES string of the molecule is CN(C)C(=O)[C@H](NC(=O)c1ccc(Cl)c2c1cnn2Cc1ccc(C(F)(F)F)cc1)C1CCC(CC(=O)O)CC1. The van der Waals surface area contributed by atoms with E-state index in [-0.39, 0.29) is 36.3 Å². The maximum atomic E-state index is 13.5. The van der Waals surface area contributed by atoms with Crippen LogP contribution in [-0.2, 0) is 22.3 Å². The van der Waals surface area contributed by atoms with Crippen molar-refractivity contribution in [3.8, 4) is 0 Å². The molecule has 0 spiro atoms. The van der Waals surface area contributed by atoms with E-state index in [4.69, 9.17) is 16.7 Å². The van der Waals surface area contributed by atoms with Gasteiger partial charge in [0.1, 0.15) is 6.04 Å². The number of hydrogen-bond acceptors (Lipinski definition) is 4. The number of carbonyl (C=O) groups excluding carboxylic acids is 2. The van der Waals surface area contributed by atoms with E-state index in [0.717, 1.165) is 12.1 Å². The van der Waals surface area contributed by atoms with Crippen molar-refractivity contribution in [2.75, 3.05) is 14.1 Å². The minimum Gasteiger partial charge on any atom is -0.481 e. The highest BCUT2D eigenvalue weighted by atomic mass is 35.5. The topological polar surface area (TPSA) is 105 Å². The second-order valence-electron chi connectivity index (χ2n) is 10.4. The molecular weight excluding hydrogens is 549 g/mol. The number of aromatic nitrogens is 2. The molecule has 1 heterocycles. The molecule has 4 rings (SSSR count). The van der Waals surface area contributed by atoms with Gasteiger partial charge in [-0.05, 0) is 67.3 Å². The summed E-state index contributed by atoms with van der Waals surface area (Å²) in [5.41, 5.74) is 0.517. The minimum atomic E-state index is -4.44. The van der Waals surface area contributed by atoms with Gasteiger partial charge in [0.15, 0.2) is 0 Å². The van der Waals surface area contributed by atoms with Crippen molar-refractivity contribution in [2.24, 2.45) is 11.8 Å². The van der Waals surface area contributed by atoms with E-state index in [1.54, 1.807) is 26.2 Å². The van der Waals surface area contributed by atoms with Crippen LogP contribution in [0, 0.1) is 11.8 Å². The van der Waals surface area contributed by atoms with Crippen LogP contribution in [0.15, 0.2) is 42.6 Å². The van der Waals surface area contributed by atoms with Crippen molar-refractivity contribution in [2.45, 2.75) is 50.9 Å². The molecule has 1 saturated carbocycles. The molecule has 0 aliphatic heterocycles. The number of nitrogens with zero attached hydrogens (tertiary/aromatic N) is 3. The van der Waals surface area contributed by atoms with Crippen LogP contribution >= 0.6 is 11.6 Å². The predicted octanol–water partition coefficient (Wildman–Crippen LogP) is 5.22. The third-order valence-corrected chi connectivity index (χ3v) is 7.73. The third-order valence-electron chi connectivity index (χ3n) is 7.43. The van der Waals surface area contributed by atoms with Gasteiger partial charge >= 0.3 is 12.1 Å². The zero-order valence-electron chi connectivity index (χ0n) is 22.0. The van der Waals surface area contributed by atoms with Gasteiger partial charge in [0.25, 0.3) is 5.91 Å². The van der Waals surface area contributed by atoms with E-state index >= 15 is 0 Å². The summed E-state index contributed by atoms with van der Waals surface area (Å²) in [7, 11) is 3.23. The monoisotopic (exact) mass is 578 g/mol. The number of halogens is 4. The number of rotatable bonds is 8. The second-order valence-corrected chi connectivity index (χ2v) is 10.8. The van der Waals surface area contributed by atoms with Crippen LogP contribution in [0.2, 0.25) is 5.02 Å². The Kier molecular flexibility index (Phi) is 8.72. The molecule has 2 N–H and O–H groups in total. The van der Waals surface area contributed by atoms with Crippen molar-refractivity contribution < 1.29 is 32.7 Å². The molecule has 0 saturated heterocycles. The van der Waals surface area contributed by atoms with Crippen molar-refractivity contribution >= 4 is 40.3 Å². The average Bonchev–Trinajstić information content (AvgIpc) is 3.31. The summed E-state index contributed by atoms with van der Waals surface area (Å²) in [5.74, 6) is -1.68. The number of fused-ring (bicyclic) bond motifs is 1. The molecule has 1 atom stereocenters. The number of amides is 2. The molecule has 1 aromatic heterocycles. The quantitative estimate of drug-likeness (QED) is 0.381. The Morgan fingerprint density at radius 1 is 1.10 bits per heavy atom. The van der Waals surface area contributed by atoms with E-state index in [2.05, 4.69) is 10.4 Å². The standard InChI is InChI=1S/C28H30ClF3N4O4/c1-35(2)27(40)24(18-7-3-16(4-8-18)13-23(37)38)34-26(39)20-11-12-22(29)25-21(20)14-33-36(25)15-17-5-9-19(10-6-17)28(30,31)32/h5-6,9-12,14,16,18,24H,3-4,7-8,13,15H2,1-2H3,(H,34,39)(H,37,38)/t16?,18?,24-/m1/s1. The fraction of sp³-hybridized carbons (Fsp3) is 0.429. The highest BCUT2D eigenvalue weighted by molar-refractivity contribution is 6.35. The fourth-order valence-corrected chi connectivity index (χ4v) is 5.56. The van der Waals surface area contributed by atoms with Crippen molar-refractivity contribution in [3.63, 3.8) is 0 Å². The second kappa shape index (κ2) is 11.9. The highest BCUT2D eigenvalue weighted by Gasteiger charge is 2.35. The van der Waals surface area contributed by atoms with Crippen LogP contribution in [0.5, 0.6) is 0 Å². The molecule has 8 nitrogen and oxygen atoms in total. The average molecular weight is 579 g/mol. The number of carbonyl (C=O) groups is 3. The van der Waals surface area contributed by atoms with Crippen LogP contribution in [0.4, 0.5) is 13.2 Å². The molecule has 0 radical (unpaired) electrons. The molecule has 40 heavy (non-hydrogen) atoms. The summed E-state index contributed by atoms with van der Waals surface area (Å²) in [4.78, 5) is 39.1. The normalized spacial score (nSPS) is 18.4. The Labute approximate surface area is 234 Å². The number of benzene rings is 2. The summed E-state index contributed by atoms with van der Waals surface area (Å²) in [6.07, 6.45) is -0.331. The zero-order valence-corrected chi connectivity index (χ0v) is 22.8. The summed E-state index contributed by atoms with van der Waals surface area (Å²) in [6, 6.07) is 7.03. The first kappa shape index (κ1) is 29.4. The number of likely N-dealkylation sites (N-methyl/N-ethyl adjacent to an activating group) is 1. The molecule has 2 amide bonds. The van der Waals surface area contributed by atoms with Gasteiger partial charge in [-0.15, -0.1) is 0 Å². The minimum absolute atomic E-state index is 0.0472. The van der Waals surface area contributed by atoms with E-state index in [9.17, 15) is 27.6 Å². The van der Waals surface area contributed by atoms with Gasteiger partial charge in [0, 0.05) is 25.9 Å². The van der Waals surface area contributed by atoms with Gasteiger partial charge < -0.3 is 15.3 Å².